The summed E-state index contributed by atoms with van der Waals surface area (Å²) in [7, 11) is 0. The van der Waals surface area contributed by atoms with Crippen molar-refractivity contribution < 1.29 is 9.53 Å². The highest BCUT2D eigenvalue weighted by Gasteiger charge is 2.27. The van der Waals surface area contributed by atoms with Gasteiger partial charge in [0.2, 0.25) is 5.91 Å². The highest BCUT2D eigenvalue weighted by Crippen LogP contribution is 2.28. The minimum Gasteiger partial charge on any atom is -0.457 e. The van der Waals surface area contributed by atoms with Crippen LogP contribution in [0, 0.1) is 11.8 Å². The summed E-state index contributed by atoms with van der Waals surface area (Å²) in [6, 6.07) is 17.9. The minimum atomic E-state index is 0.220. The van der Waals surface area contributed by atoms with Gasteiger partial charge in [0.1, 0.15) is 11.5 Å². The lowest BCUT2D eigenvalue weighted by atomic mass is 10.0. The molecule has 1 saturated carbocycles. The average molecular weight is 351 g/mol. The molecule has 0 saturated heterocycles. The van der Waals surface area contributed by atoms with Crippen molar-refractivity contribution in [2.75, 3.05) is 6.54 Å². The van der Waals surface area contributed by atoms with Gasteiger partial charge in [-0.25, -0.2) is 0 Å². The van der Waals surface area contributed by atoms with E-state index in [4.69, 9.17) is 4.74 Å². The molecule has 0 unspecified atom stereocenters. The molecule has 0 bridgehead atoms. The summed E-state index contributed by atoms with van der Waals surface area (Å²) in [5.74, 6) is 2.64. The normalized spacial score (nSPS) is 14.6. The molecule has 26 heavy (non-hydrogen) atoms. The summed E-state index contributed by atoms with van der Waals surface area (Å²) in [4.78, 5) is 15.0. The van der Waals surface area contributed by atoms with Crippen LogP contribution in [0.25, 0.3) is 0 Å². The van der Waals surface area contributed by atoms with Crippen molar-refractivity contribution in [3.05, 3.63) is 60.2 Å². The van der Waals surface area contributed by atoms with E-state index in [1.807, 2.05) is 53.4 Å². The Morgan fingerprint density at radius 1 is 1.04 bits per heavy atom. The molecule has 2 aromatic carbocycles. The van der Waals surface area contributed by atoms with E-state index in [9.17, 15) is 4.79 Å². The standard InChI is InChI=1S/C23H29NO2/c1-18(2)16-24(23(25)20-10-6-7-11-20)17-19-9-8-14-22(15-19)26-21-12-4-3-5-13-21/h3-5,8-9,12-15,18,20H,6-7,10-11,16-17H2,1-2H3. The molecule has 0 aliphatic heterocycles. The van der Waals surface area contributed by atoms with E-state index in [-0.39, 0.29) is 5.92 Å². The molecule has 0 N–H and O–H groups in total. The molecule has 0 spiro atoms. The number of carbonyl (C=O) groups excluding carboxylic acids is 1. The van der Waals surface area contributed by atoms with Crippen LogP contribution in [0.5, 0.6) is 11.5 Å². The summed E-state index contributed by atoms with van der Waals surface area (Å²) >= 11 is 0. The molecule has 1 aliphatic rings. The Labute approximate surface area is 157 Å². The van der Waals surface area contributed by atoms with Crippen molar-refractivity contribution in [1.82, 2.24) is 4.90 Å². The fourth-order valence-electron chi connectivity index (χ4n) is 3.66. The van der Waals surface area contributed by atoms with Gasteiger partial charge in [-0.15, -0.1) is 0 Å². The van der Waals surface area contributed by atoms with Gasteiger partial charge in [0.15, 0.2) is 0 Å². The van der Waals surface area contributed by atoms with Gasteiger partial charge in [-0.1, -0.05) is 57.0 Å². The lowest BCUT2D eigenvalue weighted by molar-refractivity contribution is -0.136. The second-order valence-electron chi connectivity index (χ2n) is 7.66. The number of rotatable bonds is 7. The SMILES string of the molecule is CC(C)CN(Cc1cccc(Oc2ccccc2)c1)C(=O)C1CCCC1. The van der Waals surface area contributed by atoms with E-state index in [1.165, 1.54) is 12.8 Å². The molecule has 1 fully saturated rings. The molecule has 3 heteroatoms. The van der Waals surface area contributed by atoms with Gasteiger partial charge in [-0.2, -0.15) is 0 Å². The molecule has 3 rings (SSSR count). The number of benzene rings is 2. The Morgan fingerprint density at radius 3 is 2.42 bits per heavy atom. The molecular weight excluding hydrogens is 322 g/mol. The molecule has 0 radical (unpaired) electrons. The maximum Gasteiger partial charge on any atom is 0.225 e. The molecule has 138 valence electrons. The number of para-hydroxylation sites is 1. The summed E-state index contributed by atoms with van der Waals surface area (Å²) in [5, 5.41) is 0. The zero-order valence-corrected chi connectivity index (χ0v) is 15.9. The number of hydrogen-bond donors (Lipinski definition) is 0. The smallest absolute Gasteiger partial charge is 0.225 e. The van der Waals surface area contributed by atoms with E-state index in [0.29, 0.717) is 18.4 Å². The van der Waals surface area contributed by atoms with Gasteiger partial charge in [-0.05, 0) is 48.6 Å². The van der Waals surface area contributed by atoms with Gasteiger partial charge in [0.05, 0.1) is 0 Å². The van der Waals surface area contributed by atoms with E-state index in [0.717, 1.165) is 36.4 Å². The second kappa shape index (κ2) is 8.88. The van der Waals surface area contributed by atoms with Gasteiger partial charge in [0.25, 0.3) is 0 Å². The first-order valence-electron chi connectivity index (χ1n) is 9.72. The topological polar surface area (TPSA) is 29.5 Å². The second-order valence-corrected chi connectivity index (χ2v) is 7.66. The highest BCUT2D eigenvalue weighted by molar-refractivity contribution is 5.79. The molecule has 0 aromatic heterocycles. The molecule has 2 aromatic rings. The van der Waals surface area contributed by atoms with Crippen LogP contribution in [0.3, 0.4) is 0 Å². The summed E-state index contributed by atoms with van der Waals surface area (Å²) in [5.41, 5.74) is 1.12. The Hall–Kier alpha value is -2.29. The van der Waals surface area contributed by atoms with Crippen molar-refractivity contribution in [2.24, 2.45) is 11.8 Å². The molecule has 3 nitrogen and oxygen atoms in total. The van der Waals surface area contributed by atoms with Crippen molar-refractivity contribution >= 4 is 5.91 Å². The quantitative estimate of drug-likeness (QED) is 0.645. The first kappa shape index (κ1) is 18.5. The third-order valence-electron chi connectivity index (χ3n) is 4.85. The molecule has 1 amide bonds. The van der Waals surface area contributed by atoms with Crippen molar-refractivity contribution in [3.8, 4) is 11.5 Å². The molecular formula is C23H29NO2. The Morgan fingerprint density at radius 2 is 1.73 bits per heavy atom. The first-order chi connectivity index (χ1) is 12.6. The monoisotopic (exact) mass is 351 g/mol. The average Bonchev–Trinajstić information content (AvgIpc) is 3.16. The van der Waals surface area contributed by atoms with Crippen LogP contribution < -0.4 is 4.74 Å². The van der Waals surface area contributed by atoms with Crippen molar-refractivity contribution in [1.29, 1.82) is 0 Å². The number of amides is 1. The third kappa shape index (κ3) is 5.10. The van der Waals surface area contributed by atoms with Crippen LogP contribution in [-0.2, 0) is 11.3 Å². The first-order valence-corrected chi connectivity index (χ1v) is 9.72. The predicted octanol–water partition coefficient (Wildman–Crippen LogP) is 5.65. The van der Waals surface area contributed by atoms with E-state index in [2.05, 4.69) is 19.9 Å². The Balaban J connectivity index is 1.71. The molecule has 0 heterocycles. The molecule has 0 atom stereocenters. The van der Waals surface area contributed by atoms with Gasteiger partial charge in [-0.3, -0.25) is 4.79 Å². The predicted molar refractivity (Wildman–Crippen MR) is 105 cm³/mol. The van der Waals surface area contributed by atoms with Gasteiger partial charge >= 0.3 is 0 Å². The van der Waals surface area contributed by atoms with E-state index < -0.39 is 0 Å². The number of carbonyl (C=O) groups is 1. The maximum absolute atomic E-state index is 13.0. The Kier molecular flexibility index (Phi) is 6.32. The van der Waals surface area contributed by atoms with E-state index in [1.54, 1.807) is 0 Å². The van der Waals surface area contributed by atoms with Crippen LogP contribution in [0.1, 0.15) is 45.1 Å². The fraction of sp³-hybridized carbons (Fsp3) is 0.435. The van der Waals surface area contributed by atoms with Crippen LogP contribution in [0.4, 0.5) is 0 Å². The fourth-order valence-corrected chi connectivity index (χ4v) is 3.66. The van der Waals surface area contributed by atoms with Crippen LogP contribution in [0.2, 0.25) is 0 Å². The third-order valence-corrected chi connectivity index (χ3v) is 4.85. The number of hydrogen-bond acceptors (Lipinski definition) is 2. The minimum absolute atomic E-state index is 0.220. The van der Waals surface area contributed by atoms with E-state index >= 15 is 0 Å². The summed E-state index contributed by atoms with van der Waals surface area (Å²) in [6.07, 6.45) is 4.47. The van der Waals surface area contributed by atoms with Crippen LogP contribution in [0.15, 0.2) is 54.6 Å². The van der Waals surface area contributed by atoms with Crippen LogP contribution in [-0.4, -0.2) is 17.4 Å². The molecule has 1 aliphatic carbocycles. The number of ether oxygens (including phenoxy) is 1. The Bertz CT molecular complexity index is 705. The summed E-state index contributed by atoms with van der Waals surface area (Å²) < 4.78 is 5.94. The zero-order chi connectivity index (χ0) is 18.4. The largest absolute Gasteiger partial charge is 0.457 e. The van der Waals surface area contributed by atoms with Crippen molar-refractivity contribution in [3.63, 3.8) is 0 Å². The van der Waals surface area contributed by atoms with Crippen molar-refractivity contribution in [2.45, 2.75) is 46.1 Å². The van der Waals surface area contributed by atoms with Gasteiger partial charge in [0, 0.05) is 19.0 Å². The van der Waals surface area contributed by atoms with Gasteiger partial charge < -0.3 is 9.64 Å². The maximum atomic E-state index is 13.0. The number of nitrogens with zero attached hydrogens (tertiary/aromatic N) is 1. The van der Waals surface area contributed by atoms with Crippen LogP contribution >= 0.6 is 0 Å². The summed E-state index contributed by atoms with van der Waals surface area (Å²) in [6.45, 7) is 5.80. The highest BCUT2D eigenvalue weighted by atomic mass is 16.5. The lowest BCUT2D eigenvalue weighted by Gasteiger charge is -2.27. The lowest BCUT2D eigenvalue weighted by Crippen LogP contribution is -2.37. The zero-order valence-electron chi connectivity index (χ0n) is 15.9.